The molecule has 0 spiro atoms. The second-order valence-corrected chi connectivity index (χ2v) is 4.28. The number of hydrogen-bond acceptors (Lipinski definition) is 4. The molecule has 0 saturated heterocycles. The van der Waals surface area contributed by atoms with E-state index in [1.165, 1.54) is 6.26 Å². The third kappa shape index (κ3) is 1.44. The van der Waals surface area contributed by atoms with E-state index in [9.17, 15) is 4.79 Å². The summed E-state index contributed by atoms with van der Waals surface area (Å²) in [6.07, 6.45) is 3.07. The van der Waals surface area contributed by atoms with Crippen LogP contribution >= 0.6 is 11.3 Å². The van der Waals surface area contributed by atoms with Gasteiger partial charge in [0.15, 0.2) is 5.76 Å². The van der Waals surface area contributed by atoms with Crippen LogP contribution in [-0.2, 0) is 0 Å². The number of carbonyl (C=O) groups excluding carboxylic acids is 1. The van der Waals surface area contributed by atoms with Gasteiger partial charge in [-0.25, -0.2) is 0 Å². The van der Waals surface area contributed by atoms with Gasteiger partial charge in [-0.1, -0.05) is 0 Å². The molecule has 3 aromatic rings. The lowest BCUT2D eigenvalue weighted by Gasteiger charge is -1.96. The minimum Gasteiger partial charge on any atom is -0.461 e. The molecule has 0 aliphatic rings. The van der Waals surface area contributed by atoms with Crippen LogP contribution in [0.15, 0.2) is 46.5 Å². The minimum absolute atomic E-state index is 0.132. The Hall–Kier alpha value is -1.94. The Bertz CT molecular complexity index is 640. The SMILES string of the molecule is O=C(c1cnc2ccsc2c1)c1ccco1. The van der Waals surface area contributed by atoms with Gasteiger partial charge >= 0.3 is 0 Å². The first-order valence-corrected chi connectivity index (χ1v) is 5.64. The van der Waals surface area contributed by atoms with E-state index in [0.717, 1.165) is 10.2 Å². The first kappa shape index (κ1) is 9.30. The predicted octanol–water partition coefficient (Wildman–Crippen LogP) is 3.12. The van der Waals surface area contributed by atoms with Crippen molar-refractivity contribution in [2.75, 3.05) is 0 Å². The lowest BCUT2D eigenvalue weighted by molar-refractivity contribution is 0.101. The molecule has 0 atom stereocenters. The average Bonchev–Trinajstić information content (AvgIpc) is 2.98. The van der Waals surface area contributed by atoms with Crippen molar-refractivity contribution in [2.45, 2.75) is 0 Å². The molecule has 3 nitrogen and oxygen atoms in total. The Morgan fingerprint density at radius 3 is 3.12 bits per heavy atom. The highest BCUT2D eigenvalue weighted by molar-refractivity contribution is 7.17. The second kappa shape index (κ2) is 3.57. The Morgan fingerprint density at radius 1 is 1.38 bits per heavy atom. The van der Waals surface area contributed by atoms with Crippen molar-refractivity contribution in [1.82, 2.24) is 4.98 Å². The van der Waals surface area contributed by atoms with Gasteiger partial charge in [0.05, 0.1) is 16.5 Å². The van der Waals surface area contributed by atoms with Crippen LogP contribution in [0.3, 0.4) is 0 Å². The van der Waals surface area contributed by atoms with Crippen LogP contribution in [0.25, 0.3) is 10.2 Å². The topological polar surface area (TPSA) is 43.1 Å². The molecule has 16 heavy (non-hydrogen) atoms. The molecule has 0 fully saturated rings. The van der Waals surface area contributed by atoms with Crippen LogP contribution < -0.4 is 0 Å². The molecule has 4 heteroatoms. The van der Waals surface area contributed by atoms with Crippen molar-refractivity contribution in [3.05, 3.63) is 53.4 Å². The lowest BCUT2D eigenvalue weighted by atomic mass is 10.1. The van der Waals surface area contributed by atoms with E-state index in [1.54, 1.807) is 29.7 Å². The van der Waals surface area contributed by atoms with E-state index in [4.69, 9.17) is 4.42 Å². The van der Waals surface area contributed by atoms with Crippen molar-refractivity contribution in [3.63, 3.8) is 0 Å². The number of pyridine rings is 1. The highest BCUT2D eigenvalue weighted by Gasteiger charge is 2.12. The van der Waals surface area contributed by atoms with Gasteiger partial charge in [-0.3, -0.25) is 9.78 Å². The van der Waals surface area contributed by atoms with Crippen molar-refractivity contribution in [1.29, 1.82) is 0 Å². The van der Waals surface area contributed by atoms with Gasteiger partial charge in [0.25, 0.3) is 0 Å². The number of rotatable bonds is 2. The standard InChI is InChI=1S/C12H7NO2S/c14-12(10-2-1-4-15-10)8-6-11-9(13-7-8)3-5-16-11/h1-7H. The molecule has 0 aliphatic heterocycles. The first-order valence-electron chi connectivity index (χ1n) is 4.76. The lowest BCUT2D eigenvalue weighted by Crippen LogP contribution is -1.99. The quantitative estimate of drug-likeness (QED) is 0.634. The summed E-state index contributed by atoms with van der Waals surface area (Å²) >= 11 is 1.57. The molecule has 78 valence electrons. The Kier molecular flexibility index (Phi) is 2.08. The number of ketones is 1. The average molecular weight is 229 g/mol. The van der Waals surface area contributed by atoms with Crippen molar-refractivity contribution in [2.24, 2.45) is 0 Å². The Labute approximate surface area is 95.4 Å². The summed E-state index contributed by atoms with van der Waals surface area (Å²) in [5, 5.41) is 1.96. The molecule has 0 saturated carbocycles. The molecule has 0 N–H and O–H groups in total. The van der Waals surface area contributed by atoms with Crippen LogP contribution in [0.2, 0.25) is 0 Å². The number of furan rings is 1. The molecule has 3 rings (SSSR count). The van der Waals surface area contributed by atoms with E-state index in [-0.39, 0.29) is 5.78 Å². The van der Waals surface area contributed by atoms with Gasteiger partial charge in [0.1, 0.15) is 0 Å². The third-order valence-electron chi connectivity index (χ3n) is 2.31. The maximum Gasteiger partial charge on any atom is 0.229 e. The van der Waals surface area contributed by atoms with Gasteiger partial charge in [-0.15, -0.1) is 11.3 Å². The Morgan fingerprint density at radius 2 is 2.31 bits per heavy atom. The molecule has 3 heterocycles. The molecule has 0 amide bonds. The van der Waals surface area contributed by atoms with Gasteiger partial charge < -0.3 is 4.42 Å². The number of nitrogens with zero attached hydrogens (tertiary/aromatic N) is 1. The normalized spacial score (nSPS) is 10.8. The number of thiophene rings is 1. The van der Waals surface area contributed by atoms with Crippen molar-refractivity contribution < 1.29 is 9.21 Å². The fourth-order valence-corrected chi connectivity index (χ4v) is 2.30. The molecule has 0 bridgehead atoms. The smallest absolute Gasteiger partial charge is 0.229 e. The first-order chi connectivity index (χ1) is 7.84. The van der Waals surface area contributed by atoms with Crippen LogP contribution in [0, 0.1) is 0 Å². The summed E-state index contributed by atoms with van der Waals surface area (Å²) in [5.74, 6) is 0.213. The van der Waals surface area contributed by atoms with E-state index in [2.05, 4.69) is 4.98 Å². The summed E-state index contributed by atoms with van der Waals surface area (Å²) in [6, 6.07) is 7.13. The van der Waals surface area contributed by atoms with Crippen molar-refractivity contribution >= 4 is 27.3 Å². The van der Waals surface area contributed by atoms with Gasteiger partial charge in [-0.2, -0.15) is 0 Å². The van der Waals surface area contributed by atoms with E-state index >= 15 is 0 Å². The zero-order chi connectivity index (χ0) is 11.0. The molecule has 3 aromatic heterocycles. The van der Waals surface area contributed by atoms with Gasteiger partial charge in [0, 0.05) is 11.8 Å². The molecule has 0 radical (unpaired) electrons. The van der Waals surface area contributed by atoms with Crippen LogP contribution in [0.1, 0.15) is 16.1 Å². The van der Waals surface area contributed by atoms with Crippen LogP contribution in [-0.4, -0.2) is 10.8 Å². The minimum atomic E-state index is -0.132. The number of carbonyl (C=O) groups is 1. The summed E-state index contributed by atoms with van der Waals surface area (Å²) in [7, 11) is 0. The monoisotopic (exact) mass is 229 g/mol. The largest absolute Gasteiger partial charge is 0.461 e. The zero-order valence-electron chi connectivity index (χ0n) is 8.21. The number of fused-ring (bicyclic) bond motifs is 1. The molecule has 0 unspecified atom stereocenters. The zero-order valence-corrected chi connectivity index (χ0v) is 9.03. The van der Waals surface area contributed by atoms with E-state index in [0.29, 0.717) is 11.3 Å². The summed E-state index contributed by atoms with van der Waals surface area (Å²) in [5.41, 5.74) is 1.48. The fraction of sp³-hybridized carbons (Fsp3) is 0. The number of hydrogen-bond donors (Lipinski definition) is 0. The molecular weight excluding hydrogens is 222 g/mol. The molecular formula is C12H7NO2S. The predicted molar refractivity (Wildman–Crippen MR) is 61.8 cm³/mol. The third-order valence-corrected chi connectivity index (χ3v) is 3.16. The molecule has 0 aliphatic carbocycles. The Balaban J connectivity index is 2.09. The highest BCUT2D eigenvalue weighted by atomic mass is 32.1. The molecule has 0 aromatic carbocycles. The van der Waals surface area contributed by atoms with E-state index in [1.807, 2.05) is 17.5 Å². The maximum absolute atomic E-state index is 11.9. The van der Waals surface area contributed by atoms with Gasteiger partial charge in [-0.05, 0) is 29.6 Å². The van der Waals surface area contributed by atoms with E-state index < -0.39 is 0 Å². The second-order valence-electron chi connectivity index (χ2n) is 3.33. The van der Waals surface area contributed by atoms with Crippen molar-refractivity contribution in [3.8, 4) is 0 Å². The summed E-state index contributed by atoms with van der Waals surface area (Å²) in [6.45, 7) is 0. The van der Waals surface area contributed by atoms with Crippen LogP contribution in [0.4, 0.5) is 0 Å². The maximum atomic E-state index is 11.9. The number of aromatic nitrogens is 1. The van der Waals surface area contributed by atoms with Crippen LogP contribution in [0.5, 0.6) is 0 Å². The fourth-order valence-electron chi connectivity index (χ4n) is 1.52. The van der Waals surface area contributed by atoms with Gasteiger partial charge in [0.2, 0.25) is 5.78 Å². The summed E-state index contributed by atoms with van der Waals surface area (Å²) in [4.78, 5) is 16.2. The highest BCUT2D eigenvalue weighted by Crippen LogP contribution is 2.21. The summed E-state index contributed by atoms with van der Waals surface area (Å²) < 4.78 is 6.08.